The third kappa shape index (κ3) is 4.03. The van der Waals surface area contributed by atoms with Crippen molar-refractivity contribution in [2.45, 2.75) is 33.7 Å². The molecule has 1 saturated heterocycles. The molecule has 1 fully saturated rings. The third-order valence-electron chi connectivity index (χ3n) is 6.85. The molecular weight excluding hydrogens is 488 g/mol. The molecule has 3 aromatic carbocycles. The second-order valence-corrected chi connectivity index (χ2v) is 10.3. The van der Waals surface area contributed by atoms with Crippen molar-refractivity contribution in [3.05, 3.63) is 87.5 Å². The zero-order chi connectivity index (χ0) is 26.6. The number of methoxy groups -OCH3 is 1. The Morgan fingerprint density at radius 2 is 1.62 bits per heavy atom. The van der Waals surface area contributed by atoms with Crippen molar-refractivity contribution in [1.29, 1.82) is 0 Å². The molecule has 1 aromatic heterocycles. The Hall–Kier alpha value is -4.17. The number of phenols is 1. The van der Waals surface area contributed by atoms with E-state index in [4.69, 9.17) is 9.72 Å². The Bertz CT molecular complexity index is 1580. The van der Waals surface area contributed by atoms with Gasteiger partial charge < -0.3 is 14.9 Å². The number of carbonyl (C=O) groups excluding carboxylic acids is 2. The van der Waals surface area contributed by atoms with Crippen LogP contribution in [-0.2, 0) is 9.59 Å². The average Bonchev–Trinajstić information content (AvgIpc) is 3.38. The van der Waals surface area contributed by atoms with Crippen molar-refractivity contribution < 1.29 is 24.5 Å². The van der Waals surface area contributed by atoms with Crippen molar-refractivity contribution in [1.82, 2.24) is 4.98 Å². The lowest BCUT2D eigenvalue weighted by atomic mass is 9.93. The number of ether oxygens (including phenoxy) is 1. The predicted molar refractivity (Wildman–Crippen MR) is 144 cm³/mol. The number of aromatic nitrogens is 1. The molecule has 1 atom stereocenters. The Labute approximate surface area is 218 Å². The van der Waals surface area contributed by atoms with Crippen LogP contribution in [0.2, 0.25) is 0 Å². The topological polar surface area (TPSA) is 100.0 Å². The maximum Gasteiger partial charge on any atom is 0.301 e. The van der Waals surface area contributed by atoms with Crippen LogP contribution in [0.25, 0.3) is 16.0 Å². The standard InChI is InChI=1S/C29H26N2O5S/c1-14-11-21-23(13-15(14)2)37-29(30-21)31-25(18-6-8-19(32)9-7-18)24(27(34)28(31)35)26(33)20-10-17(4)22(36-5)12-16(20)3/h6-13,25,32-33H,1-5H3/b26-24+. The number of hydrogen-bond acceptors (Lipinski definition) is 7. The summed E-state index contributed by atoms with van der Waals surface area (Å²) in [6.45, 7) is 7.66. The number of fused-ring (bicyclic) bond motifs is 1. The molecule has 7 nitrogen and oxygen atoms in total. The first-order valence-corrected chi connectivity index (χ1v) is 12.6. The SMILES string of the molecule is COc1cc(C)c(/C(O)=C2\C(=O)C(=O)N(c3nc4cc(C)c(C)cc4s3)C2c2ccc(O)cc2)cc1C. The number of rotatable bonds is 4. The van der Waals surface area contributed by atoms with Crippen LogP contribution in [0, 0.1) is 27.7 Å². The van der Waals surface area contributed by atoms with E-state index in [9.17, 15) is 19.8 Å². The first-order chi connectivity index (χ1) is 17.6. The molecule has 0 saturated carbocycles. The zero-order valence-electron chi connectivity index (χ0n) is 21.1. The second-order valence-electron chi connectivity index (χ2n) is 9.30. The van der Waals surface area contributed by atoms with Crippen LogP contribution in [0.4, 0.5) is 5.13 Å². The van der Waals surface area contributed by atoms with E-state index >= 15 is 0 Å². The zero-order valence-corrected chi connectivity index (χ0v) is 21.9. The fraction of sp³-hybridized carbons (Fsp3) is 0.207. The van der Waals surface area contributed by atoms with Crippen LogP contribution < -0.4 is 9.64 Å². The highest BCUT2D eigenvalue weighted by molar-refractivity contribution is 7.22. The van der Waals surface area contributed by atoms with Crippen molar-refractivity contribution in [2.24, 2.45) is 0 Å². The summed E-state index contributed by atoms with van der Waals surface area (Å²) in [6, 6.07) is 12.8. The maximum absolute atomic E-state index is 13.5. The fourth-order valence-corrected chi connectivity index (χ4v) is 5.75. The molecule has 0 spiro atoms. The predicted octanol–water partition coefficient (Wildman–Crippen LogP) is 5.87. The molecule has 2 N–H and O–H groups in total. The maximum atomic E-state index is 13.5. The van der Waals surface area contributed by atoms with Crippen LogP contribution in [0.3, 0.4) is 0 Å². The number of phenolic OH excluding ortho intramolecular Hbond substituents is 1. The average molecular weight is 515 g/mol. The lowest BCUT2D eigenvalue weighted by Gasteiger charge is -2.23. The van der Waals surface area contributed by atoms with Gasteiger partial charge in [0, 0.05) is 5.56 Å². The lowest BCUT2D eigenvalue weighted by molar-refractivity contribution is -0.132. The van der Waals surface area contributed by atoms with Gasteiger partial charge in [0.25, 0.3) is 5.78 Å². The first-order valence-electron chi connectivity index (χ1n) is 11.7. The molecule has 0 radical (unpaired) electrons. The van der Waals surface area contributed by atoms with Gasteiger partial charge in [-0.3, -0.25) is 14.5 Å². The van der Waals surface area contributed by atoms with Gasteiger partial charge in [-0.1, -0.05) is 23.5 Å². The van der Waals surface area contributed by atoms with Crippen LogP contribution >= 0.6 is 11.3 Å². The van der Waals surface area contributed by atoms with Gasteiger partial charge in [0.05, 0.1) is 28.9 Å². The third-order valence-corrected chi connectivity index (χ3v) is 7.87. The molecule has 4 aromatic rings. The highest BCUT2D eigenvalue weighted by atomic mass is 32.1. The highest BCUT2D eigenvalue weighted by Gasteiger charge is 2.48. The molecule has 0 aliphatic carbocycles. The normalized spacial score (nSPS) is 17.1. The van der Waals surface area contributed by atoms with E-state index in [1.807, 2.05) is 32.9 Å². The summed E-state index contributed by atoms with van der Waals surface area (Å²) < 4.78 is 6.28. The van der Waals surface area contributed by atoms with Gasteiger partial charge in [-0.15, -0.1) is 0 Å². The lowest BCUT2D eigenvalue weighted by Crippen LogP contribution is -2.29. The largest absolute Gasteiger partial charge is 0.508 e. The molecule has 37 heavy (non-hydrogen) atoms. The number of Topliss-reactive ketones (excluding diaryl/α,β-unsaturated/α-hetero) is 1. The molecule has 8 heteroatoms. The summed E-state index contributed by atoms with van der Waals surface area (Å²) in [5, 5.41) is 21.7. The summed E-state index contributed by atoms with van der Waals surface area (Å²) in [5.74, 6) is -1.13. The minimum atomic E-state index is -0.926. The highest BCUT2D eigenvalue weighted by Crippen LogP contribution is 2.45. The number of aryl methyl sites for hydroxylation is 4. The quantitative estimate of drug-likeness (QED) is 0.201. The van der Waals surface area contributed by atoms with Gasteiger partial charge in [-0.25, -0.2) is 4.98 Å². The van der Waals surface area contributed by atoms with Crippen LogP contribution in [-0.4, -0.2) is 34.0 Å². The van der Waals surface area contributed by atoms with Gasteiger partial charge in [0.15, 0.2) is 5.13 Å². The van der Waals surface area contributed by atoms with E-state index in [-0.39, 0.29) is 17.1 Å². The minimum Gasteiger partial charge on any atom is -0.508 e. The molecule has 0 bridgehead atoms. The number of carbonyl (C=O) groups is 2. The van der Waals surface area contributed by atoms with E-state index in [1.165, 1.54) is 28.4 Å². The van der Waals surface area contributed by atoms with E-state index in [2.05, 4.69) is 0 Å². The van der Waals surface area contributed by atoms with Gasteiger partial charge in [0.1, 0.15) is 17.3 Å². The van der Waals surface area contributed by atoms with E-state index < -0.39 is 17.7 Å². The first kappa shape index (κ1) is 24.5. The number of hydrogen-bond donors (Lipinski definition) is 2. The van der Waals surface area contributed by atoms with E-state index in [0.717, 1.165) is 26.9 Å². The van der Waals surface area contributed by atoms with Crippen molar-refractivity contribution in [3.63, 3.8) is 0 Å². The van der Waals surface area contributed by atoms with Gasteiger partial charge >= 0.3 is 5.91 Å². The second kappa shape index (κ2) is 9.05. The Balaban J connectivity index is 1.75. The monoisotopic (exact) mass is 514 g/mol. The molecule has 1 aliphatic rings. The van der Waals surface area contributed by atoms with Crippen molar-refractivity contribution in [3.8, 4) is 11.5 Å². The number of aliphatic hydroxyl groups is 1. The van der Waals surface area contributed by atoms with E-state index in [1.54, 1.807) is 38.3 Å². The number of nitrogens with zero attached hydrogens (tertiary/aromatic N) is 2. The van der Waals surface area contributed by atoms with Gasteiger partial charge in [-0.2, -0.15) is 0 Å². The number of aliphatic hydroxyl groups excluding tert-OH is 1. The summed E-state index contributed by atoms with van der Waals surface area (Å²) in [6.07, 6.45) is 0. The molecule has 1 unspecified atom stereocenters. The molecule has 1 aliphatic heterocycles. The Kier molecular flexibility index (Phi) is 6.00. The molecule has 188 valence electrons. The fourth-order valence-electron chi connectivity index (χ4n) is 4.68. The van der Waals surface area contributed by atoms with Crippen LogP contribution in [0.1, 0.15) is 39.4 Å². The number of benzene rings is 3. The Morgan fingerprint density at radius 1 is 0.946 bits per heavy atom. The number of thiazole rings is 1. The summed E-state index contributed by atoms with van der Waals surface area (Å²) >= 11 is 1.32. The molecule has 2 heterocycles. The molecule has 1 amide bonds. The van der Waals surface area contributed by atoms with Crippen LogP contribution in [0.15, 0.2) is 54.1 Å². The number of amides is 1. The summed E-state index contributed by atoms with van der Waals surface area (Å²) in [7, 11) is 1.57. The number of anilines is 1. The van der Waals surface area contributed by atoms with Crippen molar-refractivity contribution in [2.75, 3.05) is 12.0 Å². The summed E-state index contributed by atoms with van der Waals surface area (Å²) in [5.41, 5.74) is 5.36. The smallest absolute Gasteiger partial charge is 0.301 e. The molecule has 5 rings (SSSR count). The summed E-state index contributed by atoms with van der Waals surface area (Å²) in [4.78, 5) is 33.0. The minimum absolute atomic E-state index is 0.0324. The van der Waals surface area contributed by atoms with Crippen LogP contribution in [0.5, 0.6) is 11.5 Å². The van der Waals surface area contributed by atoms with Gasteiger partial charge in [0.2, 0.25) is 0 Å². The number of ketones is 1. The van der Waals surface area contributed by atoms with Crippen molar-refractivity contribution >= 4 is 44.1 Å². The number of aromatic hydroxyl groups is 1. The van der Waals surface area contributed by atoms with Gasteiger partial charge in [-0.05, 0) is 91.9 Å². The van der Waals surface area contributed by atoms with E-state index in [0.29, 0.717) is 27.6 Å². The molecular formula is C29H26N2O5S. The Morgan fingerprint density at radius 3 is 2.30 bits per heavy atom.